The van der Waals surface area contributed by atoms with E-state index in [2.05, 4.69) is 5.32 Å². The van der Waals surface area contributed by atoms with Crippen LogP contribution in [0.25, 0.3) is 6.08 Å². The smallest absolute Gasteiger partial charge is 0.269 e. The molecule has 1 aromatic heterocycles. The third-order valence-corrected chi connectivity index (χ3v) is 3.98. The Hall–Kier alpha value is -2.67. The Bertz CT molecular complexity index is 737. The van der Waals surface area contributed by atoms with Crippen LogP contribution in [0.3, 0.4) is 0 Å². The first-order chi connectivity index (χ1) is 10.5. The fraction of sp³-hybridized carbons (Fsp3) is 0.133. The average molecular weight is 317 g/mol. The number of rotatable bonds is 5. The van der Waals surface area contributed by atoms with Gasteiger partial charge in [0, 0.05) is 29.6 Å². The van der Waals surface area contributed by atoms with Crippen LogP contribution < -0.4 is 10.4 Å². The van der Waals surface area contributed by atoms with Gasteiger partial charge >= 0.3 is 0 Å². The molecule has 0 aliphatic heterocycles. The highest BCUT2D eigenvalue weighted by molar-refractivity contribution is 7.11. The maximum Gasteiger partial charge on any atom is 0.269 e. The lowest BCUT2D eigenvalue weighted by atomic mass is 10.1. The van der Waals surface area contributed by atoms with E-state index in [-0.39, 0.29) is 29.5 Å². The lowest BCUT2D eigenvalue weighted by Crippen LogP contribution is -2.21. The van der Waals surface area contributed by atoms with Gasteiger partial charge in [-0.15, -0.1) is 17.1 Å². The van der Waals surface area contributed by atoms with E-state index in [1.54, 1.807) is 6.08 Å². The van der Waals surface area contributed by atoms with Crippen molar-refractivity contribution in [1.82, 2.24) is 5.32 Å². The minimum Gasteiger partial charge on any atom is -0.872 e. The summed E-state index contributed by atoms with van der Waals surface area (Å²) in [5, 5.41) is 26.8. The van der Waals surface area contributed by atoms with Gasteiger partial charge in [0.15, 0.2) is 0 Å². The number of nitro benzene ring substituents is 1. The first kappa shape index (κ1) is 15.7. The van der Waals surface area contributed by atoms with Crippen molar-refractivity contribution in [2.24, 2.45) is 0 Å². The molecule has 0 radical (unpaired) electrons. The van der Waals surface area contributed by atoms with E-state index < -0.39 is 4.92 Å². The van der Waals surface area contributed by atoms with Crippen LogP contribution >= 0.6 is 11.3 Å². The van der Waals surface area contributed by atoms with Gasteiger partial charge in [0.2, 0.25) is 5.91 Å². The van der Waals surface area contributed by atoms with Crippen LogP contribution in [-0.4, -0.2) is 10.8 Å². The summed E-state index contributed by atoms with van der Waals surface area (Å²) < 4.78 is 0. The number of aryl methyl sites for hydroxylation is 1. The Morgan fingerprint density at radius 3 is 2.82 bits per heavy atom. The second-order valence-electron chi connectivity index (χ2n) is 4.57. The number of nitrogens with one attached hydrogen (secondary N) is 1. The van der Waals surface area contributed by atoms with Crippen LogP contribution in [0.1, 0.15) is 16.0 Å². The minimum absolute atomic E-state index is 0.0485. The summed E-state index contributed by atoms with van der Waals surface area (Å²) in [7, 11) is 0. The fourth-order valence-electron chi connectivity index (χ4n) is 1.77. The number of hydrogen-bond acceptors (Lipinski definition) is 5. The van der Waals surface area contributed by atoms with Crippen molar-refractivity contribution in [1.29, 1.82) is 0 Å². The highest BCUT2D eigenvalue weighted by atomic mass is 32.1. The largest absolute Gasteiger partial charge is 0.872 e. The maximum atomic E-state index is 11.7. The first-order valence-electron chi connectivity index (χ1n) is 6.41. The van der Waals surface area contributed by atoms with E-state index in [9.17, 15) is 20.0 Å². The predicted molar refractivity (Wildman–Crippen MR) is 82.5 cm³/mol. The zero-order chi connectivity index (χ0) is 16.1. The standard InChI is InChI=1S/C15H14N2O4S/c1-10-6-7-22-14(10)4-5-15(19)16-9-11-8-12(17(20)21)2-3-13(11)18/h2-8,18H,9H2,1H3,(H,16,19)/p-1/b5-4+. The third kappa shape index (κ3) is 3.92. The molecule has 0 fully saturated rings. The van der Waals surface area contributed by atoms with Gasteiger partial charge in [-0.1, -0.05) is 6.07 Å². The molecule has 114 valence electrons. The number of amides is 1. The van der Waals surface area contributed by atoms with E-state index in [1.165, 1.54) is 23.5 Å². The highest BCUT2D eigenvalue weighted by Gasteiger charge is 2.07. The van der Waals surface area contributed by atoms with Crippen LogP contribution in [0.4, 0.5) is 5.69 Å². The van der Waals surface area contributed by atoms with Gasteiger partial charge in [0.1, 0.15) is 0 Å². The molecule has 0 aliphatic rings. The summed E-state index contributed by atoms with van der Waals surface area (Å²) >= 11 is 1.52. The number of nitrogens with zero attached hydrogens (tertiary/aromatic N) is 1. The normalized spacial score (nSPS) is 10.8. The van der Waals surface area contributed by atoms with Crippen LogP contribution in [0.15, 0.2) is 35.7 Å². The zero-order valence-corrected chi connectivity index (χ0v) is 12.6. The maximum absolute atomic E-state index is 11.7. The molecular weight excluding hydrogens is 304 g/mol. The van der Waals surface area contributed by atoms with Crippen molar-refractivity contribution in [2.45, 2.75) is 13.5 Å². The van der Waals surface area contributed by atoms with Gasteiger partial charge in [-0.25, -0.2) is 0 Å². The molecule has 1 N–H and O–H groups in total. The molecule has 0 spiro atoms. The molecule has 1 aromatic carbocycles. The van der Waals surface area contributed by atoms with Crippen molar-refractivity contribution in [3.63, 3.8) is 0 Å². The monoisotopic (exact) mass is 317 g/mol. The van der Waals surface area contributed by atoms with E-state index in [4.69, 9.17) is 0 Å². The Kier molecular flexibility index (Phi) is 4.90. The van der Waals surface area contributed by atoms with Gasteiger partial charge in [0.25, 0.3) is 5.69 Å². The molecule has 0 saturated heterocycles. The van der Waals surface area contributed by atoms with Crippen molar-refractivity contribution < 1.29 is 14.8 Å². The number of non-ortho nitro benzene ring substituents is 1. The third-order valence-electron chi connectivity index (χ3n) is 3.00. The molecule has 22 heavy (non-hydrogen) atoms. The average Bonchev–Trinajstić information content (AvgIpc) is 2.89. The van der Waals surface area contributed by atoms with E-state index in [0.717, 1.165) is 22.6 Å². The fourth-order valence-corrected chi connectivity index (χ4v) is 2.58. The minimum atomic E-state index is -0.579. The van der Waals surface area contributed by atoms with Crippen LogP contribution in [0, 0.1) is 17.0 Å². The Balaban J connectivity index is 1.99. The molecule has 0 unspecified atom stereocenters. The summed E-state index contributed by atoms with van der Waals surface area (Å²) in [4.78, 5) is 22.8. The van der Waals surface area contributed by atoms with Crippen LogP contribution in [-0.2, 0) is 11.3 Å². The van der Waals surface area contributed by atoms with Crippen molar-refractivity contribution in [3.05, 3.63) is 61.8 Å². The molecular formula is C15H13N2O4S-. The summed E-state index contributed by atoms with van der Waals surface area (Å²) in [6.45, 7) is 1.90. The molecule has 1 amide bonds. The summed E-state index contributed by atoms with van der Waals surface area (Å²) in [5.41, 5.74) is 1.09. The van der Waals surface area contributed by atoms with Gasteiger partial charge in [-0.2, -0.15) is 0 Å². The Morgan fingerprint density at radius 1 is 1.41 bits per heavy atom. The van der Waals surface area contributed by atoms with Gasteiger partial charge < -0.3 is 10.4 Å². The topological polar surface area (TPSA) is 95.3 Å². The van der Waals surface area contributed by atoms with Crippen molar-refractivity contribution in [2.75, 3.05) is 0 Å². The first-order valence-corrected chi connectivity index (χ1v) is 7.29. The summed E-state index contributed by atoms with van der Waals surface area (Å²) in [6, 6.07) is 5.41. The number of benzene rings is 1. The van der Waals surface area contributed by atoms with E-state index in [0.29, 0.717) is 0 Å². The number of hydrogen-bond donors (Lipinski definition) is 1. The Labute approximate surface area is 130 Å². The van der Waals surface area contributed by atoms with Crippen molar-refractivity contribution >= 4 is 29.0 Å². The highest BCUT2D eigenvalue weighted by Crippen LogP contribution is 2.20. The summed E-state index contributed by atoms with van der Waals surface area (Å²) in [6.07, 6.45) is 3.07. The lowest BCUT2D eigenvalue weighted by molar-refractivity contribution is -0.385. The molecule has 0 saturated carbocycles. The predicted octanol–water partition coefficient (Wildman–Crippen LogP) is 2.37. The molecule has 6 nitrogen and oxygen atoms in total. The van der Waals surface area contributed by atoms with E-state index >= 15 is 0 Å². The van der Waals surface area contributed by atoms with Gasteiger partial charge in [-0.05, 0) is 35.6 Å². The lowest BCUT2D eigenvalue weighted by Gasteiger charge is -2.12. The zero-order valence-electron chi connectivity index (χ0n) is 11.7. The molecule has 0 aliphatic carbocycles. The van der Waals surface area contributed by atoms with E-state index in [1.807, 2.05) is 18.4 Å². The molecule has 1 heterocycles. The Morgan fingerprint density at radius 2 is 2.18 bits per heavy atom. The number of carbonyl (C=O) groups is 1. The number of carbonyl (C=O) groups excluding carboxylic acids is 1. The van der Waals surface area contributed by atoms with Crippen LogP contribution in [0.5, 0.6) is 5.75 Å². The van der Waals surface area contributed by atoms with Gasteiger partial charge in [-0.3, -0.25) is 14.9 Å². The van der Waals surface area contributed by atoms with Crippen LogP contribution in [0.2, 0.25) is 0 Å². The molecule has 2 rings (SSSR count). The molecule has 0 atom stereocenters. The number of thiophene rings is 1. The molecule has 0 bridgehead atoms. The van der Waals surface area contributed by atoms with Gasteiger partial charge in [0.05, 0.1) is 4.92 Å². The SMILES string of the molecule is Cc1ccsc1/C=C/C(=O)NCc1cc([N+](=O)[O-])ccc1[O-]. The molecule has 2 aromatic rings. The second kappa shape index (κ2) is 6.86. The van der Waals surface area contributed by atoms with Crippen molar-refractivity contribution in [3.8, 4) is 5.75 Å². The summed E-state index contributed by atoms with van der Waals surface area (Å²) in [5.74, 6) is -0.706. The quantitative estimate of drug-likeness (QED) is 0.520. The number of nitro groups is 1. The second-order valence-corrected chi connectivity index (χ2v) is 5.52. The molecule has 7 heteroatoms.